The van der Waals surface area contributed by atoms with Gasteiger partial charge in [-0.15, -0.1) is 0 Å². The summed E-state index contributed by atoms with van der Waals surface area (Å²) in [5, 5.41) is 9.29. The van der Waals surface area contributed by atoms with Crippen molar-refractivity contribution in [1.82, 2.24) is 4.98 Å². The summed E-state index contributed by atoms with van der Waals surface area (Å²) in [5.41, 5.74) is 6.00. The zero-order chi connectivity index (χ0) is 18.5. The SMILES string of the molecule is N#CC=C1/C(=C2\c3ccccc3-c3ncccc32)C(=O)c2ccc(F)cc21. The normalized spacial score (nSPS) is 18.2. The van der Waals surface area contributed by atoms with Crippen molar-refractivity contribution in [2.24, 2.45) is 0 Å². The minimum Gasteiger partial charge on any atom is -0.289 e. The third kappa shape index (κ3) is 2.06. The van der Waals surface area contributed by atoms with Crippen molar-refractivity contribution in [2.45, 2.75) is 0 Å². The van der Waals surface area contributed by atoms with Crippen molar-refractivity contribution in [3.63, 3.8) is 0 Å². The van der Waals surface area contributed by atoms with Gasteiger partial charge in [0.15, 0.2) is 5.78 Å². The maximum absolute atomic E-state index is 13.8. The lowest BCUT2D eigenvalue weighted by atomic mass is 9.93. The molecule has 1 heterocycles. The molecule has 0 saturated heterocycles. The average Bonchev–Trinajstić information content (AvgIpc) is 3.15. The van der Waals surface area contributed by atoms with Gasteiger partial charge in [-0.1, -0.05) is 30.3 Å². The van der Waals surface area contributed by atoms with Gasteiger partial charge in [-0.2, -0.15) is 5.26 Å². The summed E-state index contributed by atoms with van der Waals surface area (Å²) in [6.45, 7) is 0. The van der Waals surface area contributed by atoms with Crippen LogP contribution in [0.5, 0.6) is 0 Å². The molecule has 3 nitrogen and oxygen atoms in total. The largest absolute Gasteiger partial charge is 0.289 e. The van der Waals surface area contributed by atoms with Crippen molar-refractivity contribution >= 4 is 16.9 Å². The first-order valence-electron chi connectivity index (χ1n) is 8.45. The second kappa shape index (κ2) is 5.58. The predicted octanol–water partition coefficient (Wildman–Crippen LogP) is 4.81. The van der Waals surface area contributed by atoms with E-state index in [1.807, 2.05) is 42.5 Å². The summed E-state index contributed by atoms with van der Waals surface area (Å²) in [6.07, 6.45) is 3.04. The van der Waals surface area contributed by atoms with Gasteiger partial charge in [0.1, 0.15) is 5.82 Å². The van der Waals surface area contributed by atoms with Gasteiger partial charge in [0.05, 0.1) is 11.8 Å². The molecular weight excluding hydrogens is 339 g/mol. The summed E-state index contributed by atoms with van der Waals surface area (Å²) in [4.78, 5) is 17.7. The van der Waals surface area contributed by atoms with Gasteiger partial charge in [0.2, 0.25) is 0 Å². The van der Waals surface area contributed by atoms with E-state index in [0.29, 0.717) is 22.3 Å². The van der Waals surface area contributed by atoms with Crippen LogP contribution in [0.25, 0.3) is 22.4 Å². The van der Waals surface area contributed by atoms with E-state index in [0.717, 1.165) is 28.0 Å². The van der Waals surface area contributed by atoms with Crippen LogP contribution in [-0.2, 0) is 0 Å². The van der Waals surface area contributed by atoms with Gasteiger partial charge in [0, 0.05) is 45.7 Å². The first-order chi connectivity index (χ1) is 13.2. The lowest BCUT2D eigenvalue weighted by molar-refractivity contribution is 0.104. The molecule has 126 valence electrons. The highest BCUT2D eigenvalue weighted by Crippen LogP contribution is 2.49. The van der Waals surface area contributed by atoms with Crippen LogP contribution >= 0.6 is 0 Å². The van der Waals surface area contributed by atoms with Crippen LogP contribution in [0, 0.1) is 17.1 Å². The molecule has 1 aromatic heterocycles. The maximum Gasteiger partial charge on any atom is 0.194 e. The summed E-state index contributed by atoms with van der Waals surface area (Å²) < 4.78 is 13.8. The number of halogens is 1. The van der Waals surface area contributed by atoms with Gasteiger partial charge in [-0.05, 0) is 35.4 Å². The molecule has 0 amide bonds. The fraction of sp³-hybridized carbons (Fsp3) is 0. The quantitative estimate of drug-likeness (QED) is 0.338. The molecule has 2 aliphatic rings. The molecule has 0 fully saturated rings. The van der Waals surface area contributed by atoms with Crippen LogP contribution in [0.2, 0.25) is 0 Å². The Morgan fingerprint density at radius 3 is 2.48 bits per heavy atom. The first-order valence-corrected chi connectivity index (χ1v) is 8.45. The van der Waals surface area contributed by atoms with Gasteiger partial charge in [-0.25, -0.2) is 4.39 Å². The second-order valence-electron chi connectivity index (χ2n) is 6.40. The minimum atomic E-state index is -0.439. The number of rotatable bonds is 0. The van der Waals surface area contributed by atoms with Crippen LogP contribution in [0.15, 0.2) is 72.4 Å². The fourth-order valence-corrected chi connectivity index (χ4v) is 3.94. The number of nitriles is 1. The number of carbonyl (C=O) groups excluding carboxylic acids is 1. The lowest BCUT2D eigenvalue weighted by Gasteiger charge is -2.08. The molecule has 0 N–H and O–H groups in total. The van der Waals surface area contributed by atoms with E-state index >= 15 is 0 Å². The minimum absolute atomic E-state index is 0.201. The number of benzene rings is 2. The topological polar surface area (TPSA) is 53.8 Å². The van der Waals surface area contributed by atoms with E-state index in [-0.39, 0.29) is 5.78 Å². The molecule has 0 saturated carbocycles. The van der Waals surface area contributed by atoms with Crippen LogP contribution in [0.3, 0.4) is 0 Å². The van der Waals surface area contributed by atoms with Crippen molar-refractivity contribution in [3.05, 3.63) is 101 Å². The molecule has 2 aliphatic carbocycles. The highest BCUT2D eigenvalue weighted by Gasteiger charge is 2.37. The van der Waals surface area contributed by atoms with Crippen LogP contribution in [0.4, 0.5) is 4.39 Å². The molecule has 27 heavy (non-hydrogen) atoms. The van der Waals surface area contributed by atoms with Crippen molar-refractivity contribution < 1.29 is 9.18 Å². The second-order valence-corrected chi connectivity index (χ2v) is 6.40. The highest BCUT2D eigenvalue weighted by molar-refractivity contribution is 6.32. The van der Waals surface area contributed by atoms with Crippen molar-refractivity contribution in [3.8, 4) is 17.3 Å². The standard InChI is InChI=1S/C23H11FN2O/c24-13-7-8-17-19(12-13)15(9-10-25)21(23(17)27)20-14-4-1-2-5-16(14)22-18(20)6-3-11-26-22/h1-9,11-12H/b15-9?,21-20-. The molecular formula is C23H11FN2O. The van der Waals surface area contributed by atoms with Gasteiger partial charge < -0.3 is 0 Å². The molecule has 4 heteroatoms. The van der Waals surface area contributed by atoms with E-state index in [9.17, 15) is 14.4 Å². The molecule has 0 spiro atoms. The van der Waals surface area contributed by atoms with Gasteiger partial charge in [-0.3, -0.25) is 9.78 Å². The Kier molecular flexibility index (Phi) is 3.19. The van der Waals surface area contributed by atoms with E-state index in [4.69, 9.17) is 0 Å². The smallest absolute Gasteiger partial charge is 0.194 e. The summed E-state index contributed by atoms with van der Waals surface area (Å²) in [7, 11) is 0. The predicted molar refractivity (Wildman–Crippen MR) is 100 cm³/mol. The Morgan fingerprint density at radius 1 is 0.889 bits per heavy atom. The molecule has 3 aromatic rings. The lowest BCUT2D eigenvalue weighted by Crippen LogP contribution is -2.00. The average molecular weight is 350 g/mol. The fourth-order valence-electron chi connectivity index (χ4n) is 3.94. The third-order valence-electron chi connectivity index (χ3n) is 5.00. The maximum atomic E-state index is 13.8. The van der Waals surface area contributed by atoms with Crippen molar-refractivity contribution in [2.75, 3.05) is 0 Å². The number of hydrogen-bond acceptors (Lipinski definition) is 3. The molecule has 5 rings (SSSR count). The Balaban J connectivity index is 1.92. The Hall–Kier alpha value is -3.84. The number of allylic oxidation sites excluding steroid dienone is 3. The van der Waals surface area contributed by atoms with E-state index in [1.165, 1.54) is 24.3 Å². The highest BCUT2D eigenvalue weighted by atomic mass is 19.1. The monoisotopic (exact) mass is 350 g/mol. The number of hydrogen-bond donors (Lipinski definition) is 0. The zero-order valence-corrected chi connectivity index (χ0v) is 14.0. The first kappa shape index (κ1) is 15.4. The zero-order valence-electron chi connectivity index (χ0n) is 14.0. The number of carbonyl (C=O) groups is 1. The number of ketones is 1. The molecule has 0 aliphatic heterocycles. The summed E-state index contributed by atoms with van der Waals surface area (Å²) in [6, 6.07) is 17.6. The molecule has 0 radical (unpaired) electrons. The number of aromatic nitrogens is 1. The Labute approximate surface area is 154 Å². The molecule has 0 unspecified atom stereocenters. The van der Waals surface area contributed by atoms with Crippen molar-refractivity contribution in [1.29, 1.82) is 5.26 Å². The van der Waals surface area contributed by atoms with Crippen LogP contribution < -0.4 is 0 Å². The van der Waals surface area contributed by atoms with E-state index in [2.05, 4.69) is 4.98 Å². The molecule has 0 atom stereocenters. The van der Waals surface area contributed by atoms with Gasteiger partial charge in [0.25, 0.3) is 0 Å². The molecule has 0 bridgehead atoms. The number of pyridine rings is 1. The summed E-state index contributed by atoms with van der Waals surface area (Å²) >= 11 is 0. The summed E-state index contributed by atoms with van der Waals surface area (Å²) in [5.74, 6) is -0.640. The number of fused-ring (bicyclic) bond motifs is 4. The molecule has 2 aromatic carbocycles. The van der Waals surface area contributed by atoms with E-state index in [1.54, 1.807) is 6.20 Å². The van der Waals surface area contributed by atoms with Crippen LogP contribution in [0.1, 0.15) is 27.0 Å². The van der Waals surface area contributed by atoms with Gasteiger partial charge >= 0.3 is 0 Å². The number of nitrogens with zero attached hydrogens (tertiary/aromatic N) is 2. The van der Waals surface area contributed by atoms with Crippen LogP contribution in [-0.4, -0.2) is 10.8 Å². The Bertz CT molecular complexity index is 1210. The number of Topliss-reactive ketones (excluding diaryl/α,β-unsaturated/α-hetero) is 1. The Morgan fingerprint density at radius 2 is 1.67 bits per heavy atom. The van der Waals surface area contributed by atoms with E-state index < -0.39 is 5.82 Å². The third-order valence-corrected chi connectivity index (χ3v) is 5.00.